The van der Waals surface area contributed by atoms with Crippen LogP contribution in [-0.2, 0) is 9.53 Å². The third-order valence-electron chi connectivity index (χ3n) is 5.02. The number of hydrogen-bond donors (Lipinski definition) is 0. The van der Waals surface area contributed by atoms with Crippen LogP contribution in [0.1, 0.15) is 33.1 Å². The second kappa shape index (κ2) is 3.72. The minimum atomic E-state index is 0.00552. The van der Waals surface area contributed by atoms with Crippen molar-refractivity contribution in [2.24, 2.45) is 23.7 Å². The fourth-order valence-electron chi connectivity index (χ4n) is 3.90. The second-order valence-electron chi connectivity index (χ2n) is 5.87. The summed E-state index contributed by atoms with van der Waals surface area (Å²) in [6.07, 6.45) is 5.63. The van der Waals surface area contributed by atoms with Crippen molar-refractivity contribution in [3.8, 4) is 0 Å². The van der Waals surface area contributed by atoms with Crippen molar-refractivity contribution in [3.63, 3.8) is 0 Å². The molecule has 0 N–H and O–H groups in total. The zero-order valence-electron chi connectivity index (χ0n) is 10.6. The summed E-state index contributed by atoms with van der Waals surface area (Å²) in [5, 5.41) is 0. The summed E-state index contributed by atoms with van der Waals surface area (Å²) >= 11 is 0. The number of fused-ring (bicyclic) bond motifs is 3. The molecule has 2 fully saturated rings. The molecule has 0 radical (unpaired) electrons. The van der Waals surface area contributed by atoms with E-state index in [1.165, 1.54) is 11.1 Å². The molecule has 1 saturated carbocycles. The third kappa shape index (κ3) is 1.50. The molecule has 0 amide bonds. The van der Waals surface area contributed by atoms with Crippen LogP contribution >= 0.6 is 0 Å². The van der Waals surface area contributed by atoms with E-state index in [2.05, 4.69) is 19.6 Å². The highest BCUT2D eigenvalue weighted by Gasteiger charge is 2.50. The average molecular weight is 232 g/mol. The Hall–Kier alpha value is -1.05. The van der Waals surface area contributed by atoms with Crippen LogP contribution in [0.25, 0.3) is 0 Å². The zero-order valence-corrected chi connectivity index (χ0v) is 10.6. The van der Waals surface area contributed by atoms with Crippen molar-refractivity contribution in [1.29, 1.82) is 0 Å². The first kappa shape index (κ1) is 11.1. The Bertz CT molecular complexity index is 407. The maximum absolute atomic E-state index is 11.8. The topological polar surface area (TPSA) is 26.3 Å². The first-order valence-electron chi connectivity index (χ1n) is 6.64. The molecule has 2 nitrogen and oxygen atoms in total. The van der Waals surface area contributed by atoms with Crippen molar-refractivity contribution in [1.82, 2.24) is 0 Å². The molecule has 2 aliphatic carbocycles. The van der Waals surface area contributed by atoms with E-state index < -0.39 is 0 Å². The van der Waals surface area contributed by atoms with Crippen molar-refractivity contribution < 1.29 is 9.53 Å². The van der Waals surface area contributed by atoms with Crippen LogP contribution in [0.3, 0.4) is 0 Å². The number of allylic oxidation sites excluding steroid dienone is 2. The number of hydrogen-bond acceptors (Lipinski definition) is 2. The Morgan fingerprint density at radius 1 is 1.47 bits per heavy atom. The van der Waals surface area contributed by atoms with Gasteiger partial charge in [-0.25, -0.2) is 0 Å². The molecule has 1 aliphatic heterocycles. The van der Waals surface area contributed by atoms with Crippen LogP contribution in [0.4, 0.5) is 0 Å². The number of carbonyl (C=O) groups excluding carboxylic acids is 1. The summed E-state index contributed by atoms with van der Waals surface area (Å²) in [7, 11) is 0. The van der Waals surface area contributed by atoms with Crippen molar-refractivity contribution in [2.75, 3.05) is 0 Å². The maximum atomic E-state index is 11.8. The molecule has 0 aromatic heterocycles. The minimum Gasteiger partial charge on any atom is -0.461 e. The van der Waals surface area contributed by atoms with Crippen LogP contribution in [0.15, 0.2) is 23.8 Å². The first-order valence-corrected chi connectivity index (χ1v) is 6.64. The molecule has 1 saturated heterocycles. The summed E-state index contributed by atoms with van der Waals surface area (Å²) in [4.78, 5) is 11.8. The molecule has 92 valence electrons. The summed E-state index contributed by atoms with van der Waals surface area (Å²) in [5.74, 6) is 1.40. The third-order valence-corrected chi connectivity index (χ3v) is 5.02. The summed E-state index contributed by atoms with van der Waals surface area (Å²) in [6.45, 7) is 8.44. The van der Waals surface area contributed by atoms with E-state index in [1.807, 2.05) is 6.92 Å². The quantitative estimate of drug-likeness (QED) is 0.474. The van der Waals surface area contributed by atoms with Gasteiger partial charge in [-0.3, -0.25) is 4.79 Å². The van der Waals surface area contributed by atoms with E-state index in [0.717, 1.165) is 19.3 Å². The first-order chi connectivity index (χ1) is 8.09. The van der Waals surface area contributed by atoms with Gasteiger partial charge in [0.15, 0.2) is 0 Å². The fourth-order valence-corrected chi connectivity index (χ4v) is 3.90. The second-order valence-corrected chi connectivity index (χ2v) is 5.87. The van der Waals surface area contributed by atoms with Crippen molar-refractivity contribution in [3.05, 3.63) is 23.8 Å². The molecule has 1 heterocycles. The fraction of sp³-hybridized carbons (Fsp3) is 0.667. The van der Waals surface area contributed by atoms with Crippen molar-refractivity contribution in [2.45, 2.75) is 39.2 Å². The van der Waals surface area contributed by atoms with Gasteiger partial charge in [-0.15, -0.1) is 0 Å². The standard InChI is InChI=1S/C15H20O2/c1-8-4-7-12-10(3)15(16)17-14(12)13-9(2)5-6-11(8)13/h5,10-14H,1,4,6-7H2,2-3H3/t10-,11-,12-,13-,14-/m0/s1. The molecular weight excluding hydrogens is 212 g/mol. The molecule has 2 heteroatoms. The Morgan fingerprint density at radius 3 is 3.00 bits per heavy atom. The number of rotatable bonds is 0. The van der Waals surface area contributed by atoms with E-state index in [0.29, 0.717) is 17.8 Å². The zero-order chi connectivity index (χ0) is 12.2. The molecule has 5 atom stereocenters. The van der Waals surface area contributed by atoms with Gasteiger partial charge in [-0.05, 0) is 32.1 Å². The van der Waals surface area contributed by atoms with Gasteiger partial charge in [0.05, 0.1) is 5.92 Å². The highest BCUT2D eigenvalue weighted by atomic mass is 16.6. The van der Waals surface area contributed by atoms with Gasteiger partial charge in [0.2, 0.25) is 0 Å². The van der Waals surface area contributed by atoms with E-state index >= 15 is 0 Å². The Balaban J connectivity index is 1.97. The van der Waals surface area contributed by atoms with Crippen LogP contribution in [0.2, 0.25) is 0 Å². The van der Waals surface area contributed by atoms with Gasteiger partial charge >= 0.3 is 5.97 Å². The number of esters is 1. The van der Waals surface area contributed by atoms with Crippen LogP contribution < -0.4 is 0 Å². The molecule has 0 spiro atoms. The van der Waals surface area contributed by atoms with E-state index in [1.54, 1.807) is 0 Å². The van der Waals surface area contributed by atoms with Gasteiger partial charge < -0.3 is 4.74 Å². The highest BCUT2D eigenvalue weighted by Crippen LogP contribution is 2.50. The van der Waals surface area contributed by atoms with Gasteiger partial charge in [0.1, 0.15) is 6.10 Å². The molecule has 3 aliphatic rings. The normalized spacial score (nSPS) is 44.8. The van der Waals surface area contributed by atoms with E-state index in [-0.39, 0.29) is 18.0 Å². The molecule has 17 heavy (non-hydrogen) atoms. The Morgan fingerprint density at radius 2 is 2.24 bits per heavy atom. The van der Waals surface area contributed by atoms with Crippen LogP contribution in [0, 0.1) is 23.7 Å². The lowest BCUT2D eigenvalue weighted by Gasteiger charge is -2.27. The van der Waals surface area contributed by atoms with E-state index in [4.69, 9.17) is 4.74 Å². The summed E-state index contributed by atoms with van der Waals surface area (Å²) < 4.78 is 5.67. The molecule has 0 aromatic rings. The molecule has 3 rings (SSSR count). The Labute approximate surface area is 103 Å². The molecule has 0 aromatic carbocycles. The van der Waals surface area contributed by atoms with Gasteiger partial charge in [0.25, 0.3) is 0 Å². The monoisotopic (exact) mass is 232 g/mol. The lowest BCUT2D eigenvalue weighted by atomic mass is 9.79. The maximum Gasteiger partial charge on any atom is 0.309 e. The van der Waals surface area contributed by atoms with Gasteiger partial charge in [-0.2, -0.15) is 0 Å². The van der Waals surface area contributed by atoms with Crippen molar-refractivity contribution >= 4 is 5.97 Å². The lowest BCUT2D eigenvalue weighted by molar-refractivity contribution is -0.145. The smallest absolute Gasteiger partial charge is 0.309 e. The summed E-state index contributed by atoms with van der Waals surface area (Å²) in [6, 6.07) is 0. The van der Waals surface area contributed by atoms with E-state index in [9.17, 15) is 4.79 Å². The predicted octanol–water partition coefficient (Wildman–Crippen LogP) is 3.10. The predicted molar refractivity (Wildman–Crippen MR) is 66.3 cm³/mol. The SMILES string of the molecule is C=C1CC[C@@H]2[C@H](OC(=O)[C@H]2C)[C@H]2C(C)=CC[C@@H]12. The lowest BCUT2D eigenvalue weighted by Crippen LogP contribution is -2.30. The highest BCUT2D eigenvalue weighted by molar-refractivity contribution is 5.75. The number of carbonyl (C=O) groups is 1. The van der Waals surface area contributed by atoms with Crippen LogP contribution in [0.5, 0.6) is 0 Å². The average Bonchev–Trinajstić information content (AvgIpc) is 2.75. The molecule has 0 unspecified atom stereocenters. The van der Waals surface area contributed by atoms with Crippen LogP contribution in [-0.4, -0.2) is 12.1 Å². The minimum absolute atomic E-state index is 0.00552. The molecule has 0 bridgehead atoms. The number of ether oxygens (including phenoxy) is 1. The Kier molecular flexibility index (Phi) is 2.42. The largest absolute Gasteiger partial charge is 0.461 e. The van der Waals surface area contributed by atoms with Gasteiger partial charge in [-0.1, -0.05) is 30.7 Å². The van der Waals surface area contributed by atoms with Gasteiger partial charge in [0, 0.05) is 11.8 Å². The molecular formula is C15H20O2. The summed E-state index contributed by atoms with van der Waals surface area (Å²) in [5.41, 5.74) is 2.76.